The van der Waals surface area contributed by atoms with Crippen LogP contribution in [0.3, 0.4) is 0 Å². The normalized spacial score (nSPS) is 16.0. The molecule has 0 saturated carbocycles. The van der Waals surface area contributed by atoms with Crippen molar-refractivity contribution in [2.24, 2.45) is 0 Å². The first-order valence-corrected chi connectivity index (χ1v) is 11.2. The third-order valence-electron chi connectivity index (χ3n) is 4.62. The van der Waals surface area contributed by atoms with Crippen LogP contribution in [-0.4, -0.2) is 56.3 Å². The van der Waals surface area contributed by atoms with E-state index in [2.05, 4.69) is 5.32 Å². The van der Waals surface area contributed by atoms with E-state index in [-0.39, 0.29) is 30.3 Å². The summed E-state index contributed by atoms with van der Waals surface area (Å²) in [4.78, 5) is 14.1. The van der Waals surface area contributed by atoms with Gasteiger partial charge in [-0.25, -0.2) is 12.8 Å². The van der Waals surface area contributed by atoms with E-state index in [0.717, 1.165) is 6.07 Å². The highest BCUT2D eigenvalue weighted by Crippen LogP contribution is 2.25. The average molecular weight is 460 g/mol. The van der Waals surface area contributed by atoms with Gasteiger partial charge in [-0.15, -0.1) is 0 Å². The Morgan fingerprint density at radius 2 is 1.79 bits per heavy atom. The van der Waals surface area contributed by atoms with Crippen LogP contribution < -0.4 is 5.32 Å². The molecule has 0 atom stereocenters. The minimum atomic E-state index is -3.73. The topological polar surface area (TPSA) is 69.7 Å². The van der Waals surface area contributed by atoms with Crippen LogP contribution in [0, 0.1) is 5.82 Å². The van der Waals surface area contributed by atoms with Gasteiger partial charge < -0.3 is 10.2 Å². The fourth-order valence-electron chi connectivity index (χ4n) is 3.04. The molecule has 0 aromatic heterocycles. The molecule has 1 aliphatic heterocycles. The predicted molar refractivity (Wildman–Crippen MR) is 111 cm³/mol. The van der Waals surface area contributed by atoms with Gasteiger partial charge in [0, 0.05) is 44.2 Å². The van der Waals surface area contributed by atoms with E-state index in [1.54, 1.807) is 18.2 Å². The van der Waals surface area contributed by atoms with Crippen molar-refractivity contribution in [2.75, 3.05) is 38.0 Å². The molecule has 1 fully saturated rings. The third kappa shape index (κ3) is 5.67. The van der Waals surface area contributed by atoms with Crippen LogP contribution in [0.15, 0.2) is 47.4 Å². The number of nitrogens with one attached hydrogen (secondary N) is 1. The van der Waals surface area contributed by atoms with Gasteiger partial charge in [0.25, 0.3) is 0 Å². The summed E-state index contributed by atoms with van der Waals surface area (Å²) in [5.74, 6) is -0.792. The Bertz CT molecular complexity index is 996. The van der Waals surface area contributed by atoms with Gasteiger partial charge in [-0.2, -0.15) is 4.31 Å². The van der Waals surface area contributed by atoms with Crippen LogP contribution in [0.1, 0.15) is 6.42 Å². The van der Waals surface area contributed by atoms with Gasteiger partial charge in [0.2, 0.25) is 15.9 Å². The molecule has 0 aliphatic carbocycles. The standard InChI is InChI=1S/C19H20Cl2FN3O3S/c20-14-4-5-17(21)18(12-14)23-19(26)6-7-24-8-10-25(11-9-24)29(27,28)16-3-1-2-15(22)13-16/h1-5,12-13H,6-11H2,(H,23,26). The molecule has 1 N–H and O–H groups in total. The fourth-order valence-corrected chi connectivity index (χ4v) is 4.83. The predicted octanol–water partition coefficient (Wildman–Crippen LogP) is 3.47. The van der Waals surface area contributed by atoms with E-state index < -0.39 is 15.8 Å². The van der Waals surface area contributed by atoms with E-state index in [0.29, 0.717) is 35.4 Å². The maximum absolute atomic E-state index is 13.4. The molecule has 2 aromatic rings. The molecule has 29 heavy (non-hydrogen) atoms. The van der Waals surface area contributed by atoms with E-state index in [9.17, 15) is 17.6 Å². The zero-order chi connectivity index (χ0) is 21.0. The lowest BCUT2D eigenvalue weighted by molar-refractivity contribution is -0.116. The number of sulfonamides is 1. The Morgan fingerprint density at radius 1 is 1.07 bits per heavy atom. The number of halogens is 3. The van der Waals surface area contributed by atoms with Crippen LogP contribution in [-0.2, 0) is 14.8 Å². The lowest BCUT2D eigenvalue weighted by atomic mass is 10.3. The Kier molecular flexibility index (Phi) is 7.13. The number of anilines is 1. The van der Waals surface area contributed by atoms with Gasteiger partial charge in [0.1, 0.15) is 5.82 Å². The summed E-state index contributed by atoms with van der Waals surface area (Å²) in [7, 11) is -3.73. The second-order valence-corrected chi connectivity index (χ2v) is 9.41. The Morgan fingerprint density at radius 3 is 2.48 bits per heavy atom. The van der Waals surface area contributed by atoms with Crippen molar-refractivity contribution in [3.05, 3.63) is 58.3 Å². The van der Waals surface area contributed by atoms with E-state index in [1.165, 1.54) is 22.5 Å². The molecule has 0 unspecified atom stereocenters. The van der Waals surface area contributed by atoms with Gasteiger partial charge in [-0.3, -0.25) is 4.79 Å². The van der Waals surface area contributed by atoms with Crippen LogP contribution in [0.4, 0.5) is 10.1 Å². The van der Waals surface area contributed by atoms with Gasteiger partial charge in [-0.1, -0.05) is 29.3 Å². The largest absolute Gasteiger partial charge is 0.325 e. The molecule has 1 saturated heterocycles. The number of amides is 1. The number of benzene rings is 2. The smallest absolute Gasteiger partial charge is 0.243 e. The maximum Gasteiger partial charge on any atom is 0.243 e. The summed E-state index contributed by atoms with van der Waals surface area (Å²) < 4.78 is 40.0. The number of hydrogen-bond donors (Lipinski definition) is 1. The van der Waals surface area contributed by atoms with Crippen LogP contribution in [0.2, 0.25) is 10.0 Å². The summed E-state index contributed by atoms with van der Waals surface area (Å²) in [5, 5.41) is 3.60. The zero-order valence-corrected chi connectivity index (χ0v) is 17.8. The molecule has 10 heteroatoms. The Hall–Kier alpha value is -1.71. The molecular formula is C19H20Cl2FN3O3S. The molecule has 1 heterocycles. The first-order chi connectivity index (χ1) is 13.8. The van der Waals surface area contributed by atoms with Crippen molar-refractivity contribution < 1.29 is 17.6 Å². The first-order valence-electron chi connectivity index (χ1n) is 8.99. The highest BCUT2D eigenvalue weighted by atomic mass is 35.5. The van der Waals surface area contributed by atoms with Crippen LogP contribution in [0.5, 0.6) is 0 Å². The molecule has 1 aliphatic rings. The molecule has 0 bridgehead atoms. The zero-order valence-electron chi connectivity index (χ0n) is 15.4. The number of hydrogen-bond acceptors (Lipinski definition) is 4. The van der Waals surface area contributed by atoms with E-state index in [1.807, 2.05) is 4.90 Å². The molecule has 2 aromatic carbocycles. The highest BCUT2D eigenvalue weighted by Gasteiger charge is 2.28. The Balaban J connectivity index is 1.50. The summed E-state index contributed by atoms with van der Waals surface area (Å²) in [6, 6.07) is 9.82. The van der Waals surface area contributed by atoms with Gasteiger partial charge >= 0.3 is 0 Å². The SMILES string of the molecule is O=C(CCN1CCN(S(=O)(=O)c2cccc(F)c2)CC1)Nc1cc(Cl)ccc1Cl. The number of nitrogens with zero attached hydrogens (tertiary/aromatic N) is 2. The monoisotopic (exact) mass is 459 g/mol. The van der Waals surface area contributed by atoms with Crippen molar-refractivity contribution in [2.45, 2.75) is 11.3 Å². The maximum atomic E-state index is 13.4. The van der Waals surface area contributed by atoms with Crippen molar-refractivity contribution in [3.8, 4) is 0 Å². The van der Waals surface area contributed by atoms with Crippen molar-refractivity contribution in [3.63, 3.8) is 0 Å². The van der Waals surface area contributed by atoms with E-state index >= 15 is 0 Å². The van der Waals surface area contributed by atoms with E-state index in [4.69, 9.17) is 23.2 Å². The first kappa shape index (κ1) is 22.0. The van der Waals surface area contributed by atoms with Gasteiger partial charge in [0.05, 0.1) is 15.6 Å². The van der Waals surface area contributed by atoms with Crippen LogP contribution in [0.25, 0.3) is 0 Å². The molecular weight excluding hydrogens is 440 g/mol. The lowest BCUT2D eigenvalue weighted by Gasteiger charge is -2.33. The molecule has 3 rings (SSSR count). The average Bonchev–Trinajstić information content (AvgIpc) is 2.69. The molecule has 156 valence electrons. The number of rotatable bonds is 6. The van der Waals surface area contributed by atoms with Crippen LogP contribution >= 0.6 is 23.2 Å². The second-order valence-electron chi connectivity index (χ2n) is 6.63. The van der Waals surface area contributed by atoms with Gasteiger partial charge in [0.15, 0.2) is 0 Å². The number of carbonyl (C=O) groups excluding carboxylic acids is 1. The summed E-state index contributed by atoms with van der Waals surface area (Å²) in [5.41, 5.74) is 0.454. The molecule has 0 radical (unpaired) electrons. The lowest BCUT2D eigenvalue weighted by Crippen LogP contribution is -2.49. The minimum absolute atomic E-state index is 0.0521. The minimum Gasteiger partial charge on any atom is -0.325 e. The highest BCUT2D eigenvalue weighted by molar-refractivity contribution is 7.89. The summed E-state index contributed by atoms with van der Waals surface area (Å²) in [6.45, 7) is 2.01. The van der Waals surface area contributed by atoms with Crippen molar-refractivity contribution in [1.82, 2.24) is 9.21 Å². The molecule has 1 amide bonds. The molecule has 0 spiro atoms. The molecule has 6 nitrogen and oxygen atoms in total. The number of piperazine rings is 1. The quantitative estimate of drug-likeness (QED) is 0.717. The third-order valence-corrected chi connectivity index (χ3v) is 7.08. The summed E-state index contributed by atoms with van der Waals surface area (Å²) in [6.07, 6.45) is 0.236. The van der Waals surface area contributed by atoms with Crippen molar-refractivity contribution >= 4 is 44.8 Å². The Labute approximate surface area is 179 Å². The van der Waals surface area contributed by atoms with Gasteiger partial charge in [-0.05, 0) is 36.4 Å². The summed E-state index contributed by atoms with van der Waals surface area (Å²) >= 11 is 11.9. The number of carbonyl (C=O) groups is 1. The fraction of sp³-hybridized carbons (Fsp3) is 0.316. The second kappa shape index (κ2) is 9.40. The van der Waals surface area contributed by atoms with Crippen molar-refractivity contribution in [1.29, 1.82) is 0 Å².